The first kappa shape index (κ1) is 18.5. The largest absolute Gasteiger partial charge is 0.491 e. The number of likely N-dealkylation sites (N-methyl/N-ethyl adjacent to an activating group) is 1. The van der Waals surface area contributed by atoms with Crippen molar-refractivity contribution in [2.45, 2.75) is 40.0 Å². The predicted molar refractivity (Wildman–Crippen MR) is 100 cm³/mol. The van der Waals surface area contributed by atoms with Gasteiger partial charge in [0.25, 0.3) is 0 Å². The molecule has 1 aromatic heterocycles. The fraction of sp³-hybridized carbons (Fsp3) is 0.474. The lowest BCUT2D eigenvalue weighted by atomic mass is 10.1. The molecule has 0 aliphatic carbocycles. The Kier molecular flexibility index (Phi) is 6.85. The van der Waals surface area contributed by atoms with Gasteiger partial charge in [0.1, 0.15) is 23.7 Å². The third kappa shape index (κ3) is 4.84. The molecule has 2 rings (SSSR count). The lowest BCUT2D eigenvalue weighted by Gasteiger charge is -2.20. The second-order valence-corrected chi connectivity index (χ2v) is 6.45. The third-order valence-corrected chi connectivity index (χ3v) is 4.49. The fourth-order valence-corrected chi connectivity index (χ4v) is 2.76. The van der Waals surface area contributed by atoms with E-state index in [-0.39, 0.29) is 0 Å². The Morgan fingerprint density at radius 3 is 2.71 bits per heavy atom. The molecule has 0 spiro atoms. The van der Waals surface area contributed by atoms with Crippen LogP contribution in [0.5, 0.6) is 5.75 Å². The standard InChI is InChI=1S/C19H26ClN3O/c1-5-6-7-16-8-9-17(14(2)12-16)24-11-10-23(4)19-18(20)15(3)21-13-22-19/h8-9,12-13H,5-7,10-11H2,1-4H3. The molecule has 130 valence electrons. The molecule has 0 fully saturated rings. The maximum Gasteiger partial charge on any atom is 0.150 e. The quantitative estimate of drug-likeness (QED) is 0.699. The van der Waals surface area contributed by atoms with Gasteiger partial charge in [-0.1, -0.05) is 37.1 Å². The van der Waals surface area contributed by atoms with E-state index in [1.807, 2.05) is 18.9 Å². The van der Waals surface area contributed by atoms with Crippen molar-refractivity contribution in [1.29, 1.82) is 0 Å². The van der Waals surface area contributed by atoms with Gasteiger partial charge in [-0.25, -0.2) is 9.97 Å². The van der Waals surface area contributed by atoms with Crippen molar-refractivity contribution in [2.24, 2.45) is 0 Å². The molecular weight excluding hydrogens is 322 g/mol. The van der Waals surface area contributed by atoms with Crippen molar-refractivity contribution in [3.8, 4) is 5.75 Å². The van der Waals surface area contributed by atoms with E-state index in [4.69, 9.17) is 16.3 Å². The van der Waals surface area contributed by atoms with Gasteiger partial charge in [-0.2, -0.15) is 0 Å². The number of ether oxygens (including phenoxy) is 1. The first-order chi connectivity index (χ1) is 11.5. The Hall–Kier alpha value is -1.81. The maximum atomic E-state index is 6.26. The number of nitrogens with zero attached hydrogens (tertiary/aromatic N) is 3. The summed E-state index contributed by atoms with van der Waals surface area (Å²) in [5, 5.41) is 0.594. The van der Waals surface area contributed by atoms with E-state index in [0.717, 1.165) is 23.7 Å². The third-order valence-electron chi connectivity index (χ3n) is 4.05. The van der Waals surface area contributed by atoms with E-state index in [9.17, 15) is 0 Å². The molecule has 0 unspecified atom stereocenters. The van der Waals surface area contributed by atoms with Crippen LogP contribution in [0.1, 0.15) is 36.6 Å². The Labute approximate surface area is 149 Å². The molecule has 0 N–H and O–H groups in total. The summed E-state index contributed by atoms with van der Waals surface area (Å²) >= 11 is 6.26. The Morgan fingerprint density at radius 1 is 1.21 bits per heavy atom. The highest BCUT2D eigenvalue weighted by Crippen LogP contribution is 2.24. The van der Waals surface area contributed by atoms with Gasteiger partial charge in [-0.05, 0) is 43.9 Å². The Bertz CT molecular complexity index is 676. The van der Waals surface area contributed by atoms with E-state index in [2.05, 4.69) is 42.0 Å². The molecule has 5 heteroatoms. The van der Waals surface area contributed by atoms with Gasteiger partial charge in [0.2, 0.25) is 0 Å². The molecule has 0 bridgehead atoms. The highest BCUT2D eigenvalue weighted by Gasteiger charge is 2.10. The number of rotatable bonds is 8. The molecule has 0 saturated heterocycles. The molecule has 0 radical (unpaired) electrons. The van der Waals surface area contributed by atoms with E-state index < -0.39 is 0 Å². The van der Waals surface area contributed by atoms with E-state index >= 15 is 0 Å². The lowest BCUT2D eigenvalue weighted by molar-refractivity contribution is 0.323. The van der Waals surface area contributed by atoms with Crippen LogP contribution in [0.15, 0.2) is 24.5 Å². The van der Waals surface area contributed by atoms with E-state index in [1.165, 1.54) is 30.3 Å². The normalized spacial score (nSPS) is 10.7. The molecule has 0 aliphatic heterocycles. The average molecular weight is 348 g/mol. The molecular formula is C19H26ClN3O. The van der Waals surface area contributed by atoms with Crippen LogP contribution in [0, 0.1) is 13.8 Å². The van der Waals surface area contributed by atoms with Gasteiger partial charge in [-0.3, -0.25) is 0 Å². The van der Waals surface area contributed by atoms with Gasteiger partial charge < -0.3 is 9.64 Å². The van der Waals surface area contributed by atoms with Crippen molar-refractivity contribution >= 4 is 17.4 Å². The molecule has 24 heavy (non-hydrogen) atoms. The fourth-order valence-electron chi connectivity index (χ4n) is 2.52. The average Bonchev–Trinajstić information content (AvgIpc) is 2.57. The number of halogens is 1. The molecule has 0 aliphatic rings. The number of hydrogen-bond donors (Lipinski definition) is 0. The monoisotopic (exact) mass is 347 g/mol. The van der Waals surface area contributed by atoms with Crippen LogP contribution >= 0.6 is 11.6 Å². The van der Waals surface area contributed by atoms with Crippen molar-refractivity contribution in [2.75, 3.05) is 25.1 Å². The minimum Gasteiger partial charge on any atom is -0.491 e. The van der Waals surface area contributed by atoms with Crippen molar-refractivity contribution in [3.05, 3.63) is 46.4 Å². The summed E-state index contributed by atoms with van der Waals surface area (Å²) in [5.41, 5.74) is 3.34. The minimum atomic E-state index is 0.574. The summed E-state index contributed by atoms with van der Waals surface area (Å²) < 4.78 is 5.93. The second-order valence-electron chi connectivity index (χ2n) is 6.07. The van der Waals surface area contributed by atoms with Crippen LogP contribution in [0.3, 0.4) is 0 Å². The van der Waals surface area contributed by atoms with Crippen LogP contribution in [-0.4, -0.2) is 30.2 Å². The molecule has 1 aromatic carbocycles. The van der Waals surface area contributed by atoms with Crippen LogP contribution < -0.4 is 9.64 Å². The van der Waals surface area contributed by atoms with Gasteiger partial charge >= 0.3 is 0 Å². The number of unbranched alkanes of at least 4 members (excludes halogenated alkanes) is 1. The number of anilines is 1. The molecule has 0 saturated carbocycles. The first-order valence-electron chi connectivity index (χ1n) is 8.43. The van der Waals surface area contributed by atoms with Crippen LogP contribution in [-0.2, 0) is 6.42 Å². The Balaban J connectivity index is 1.90. The number of benzene rings is 1. The zero-order chi connectivity index (χ0) is 17.5. The lowest BCUT2D eigenvalue weighted by Crippen LogP contribution is -2.25. The van der Waals surface area contributed by atoms with Gasteiger partial charge in [0.15, 0.2) is 5.82 Å². The summed E-state index contributed by atoms with van der Waals surface area (Å²) in [4.78, 5) is 10.3. The highest BCUT2D eigenvalue weighted by atomic mass is 35.5. The summed E-state index contributed by atoms with van der Waals surface area (Å²) in [6.07, 6.45) is 5.11. The van der Waals surface area contributed by atoms with Gasteiger partial charge in [-0.15, -0.1) is 0 Å². The van der Waals surface area contributed by atoms with E-state index in [1.54, 1.807) is 0 Å². The highest BCUT2D eigenvalue weighted by molar-refractivity contribution is 6.33. The van der Waals surface area contributed by atoms with Crippen molar-refractivity contribution in [1.82, 2.24) is 9.97 Å². The maximum absolute atomic E-state index is 6.26. The summed E-state index contributed by atoms with van der Waals surface area (Å²) in [6, 6.07) is 6.45. The van der Waals surface area contributed by atoms with Gasteiger partial charge in [0, 0.05) is 7.05 Å². The van der Waals surface area contributed by atoms with Crippen LogP contribution in [0.25, 0.3) is 0 Å². The van der Waals surface area contributed by atoms with Crippen LogP contribution in [0.4, 0.5) is 5.82 Å². The smallest absolute Gasteiger partial charge is 0.150 e. The minimum absolute atomic E-state index is 0.574. The van der Waals surface area contributed by atoms with E-state index in [0.29, 0.717) is 18.2 Å². The zero-order valence-corrected chi connectivity index (χ0v) is 15.7. The van der Waals surface area contributed by atoms with Gasteiger partial charge in [0.05, 0.1) is 12.2 Å². The molecule has 0 amide bonds. The van der Waals surface area contributed by atoms with Crippen molar-refractivity contribution < 1.29 is 4.74 Å². The number of hydrogen-bond acceptors (Lipinski definition) is 4. The number of aromatic nitrogens is 2. The molecule has 0 atom stereocenters. The SMILES string of the molecule is CCCCc1ccc(OCCN(C)c2ncnc(C)c2Cl)c(C)c1. The Morgan fingerprint density at radius 2 is 2.00 bits per heavy atom. The number of aryl methyl sites for hydroxylation is 3. The van der Waals surface area contributed by atoms with Crippen molar-refractivity contribution in [3.63, 3.8) is 0 Å². The second kappa shape index (κ2) is 8.88. The first-order valence-corrected chi connectivity index (χ1v) is 8.81. The molecule has 2 aromatic rings. The topological polar surface area (TPSA) is 38.2 Å². The summed E-state index contributed by atoms with van der Waals surface area (Å²) in [6.45, 7) is 7.46. The molecule has 1 heterocycles. The summed E-state index contributed by atoms with van der Waals surface area (Å²) in [7, 11) is 1.96. The zero-order valence-electron chi connectivity index (χ0n) is 15.0. The van der Waals surface area contributed by atoms with Crippen LogP contribution in [0.2, 0.25) is 5.02 Å². The summed E-state index contributed by atoms with van der Waals surface area (Å²) in [5.74, 6) is 1.67. The molecule has 4 nitrogen and oxygen atoms in total. The predicted octanol–water partition coefficient (Wildman–Crippen LogP) is 4.60.